The smallest absolute Gasteiger partial charge is 0.159 e. The van der Waals surface area contributed by atoms with Crippen molar-refractivity contribution in [2.45, 2.75) is 6.92 Å². The lowest BCUT2D eigenvalue weighted by Gasteiger charge is -2.19. The highest BCUT2D eigenvalue weighted by molar-refractivity contribution is 6.22. The quantitative estimate of drug-likeness (QED) is 0.184. The molecule has 0 fully saturated rings. The summed E-state index contributed by atoms with van der Waals surface area (Å²) in [7, 11) is 0. The summed E-state index contributed by atoms with van der Waals surface area (Å²) in [6.45, 7) is 2.22. The third kappa shape index (κ3) is 4.02. The van der Waals surface area contributed by atoms with Crippen molar-refractivity contribution >= 4 is 65.6 Å². The van der Waals surface area contributed by atoms with Gasteiger partial charge in [0.15, 0.2) is 5.58 Å². The molecule has 0 unspecified atom stereocenters. The van der Waals surface area contributed by atoms with Crippen LogP contribution in [0.25, 0.3) is 99.2 Å². The van der Waals surface area contributed by atoms with Crippen LogP contribution in [0.15, 0.2) is 180 Å². The van der Waals surface area contributed by atoms with Crippen molar-refractivity contribution in [2.24, 2.45) is 0 Å². The van der Waals surface area contributed by atoms with Gasteiger partial charge in [-0.05, 0) is 60.0 Å². The van der Waals surface area contributed by atoms with Crippen molar-refractivity contribution in [3.63, 3.8) is 0 Å². The summed E-state index contributed by atoms with van der Waals surface area (Å²) < 4.78 is 11.6. The molecule has 8 aromatic carbocycles. The van der Waals surface area contributed by atoms with E-state index in [-0.39, 0.29) is 0 Å². The normalized spacial score (nSPS) is 11.9. The largest absolute Gasteiger partial charge is 0.454 e. The standard InChI is InChI=1S/C49H32N2O/c1-31-15-5-6-18-33(31)37-29-30-39-35-20-7-10-25-42(35)50(32-16-3-2-4-17-32)48(39)46(37)41-24-13-22-38-34-19-8-11-26-43(34)51(47(38)41)44-27-14-23-40-36-21-9-12-28-45(36)52-49(40)44/h2-30H,1H3. The molecule has 0 N–H and O–H groups in total. The van der Waals surface area contributed by atoms with E-state index in [9.17, 15) is 0 Å². The minimum Gasteiger partial charge on any atom is -0.454 e. The summed E-state index contributed by atoms with van der Waals surface area (Å²) in [6, 6.07) is 63.5. The highest BCUT2D eigenvalue weighted by atomic mass is 16.3. The second-order valence-electron chi connectivity index (χ2n) is 13.7. The Bertz CT molecular complexity index is 3190. The first kappa shape index (κ1) is 28.9. The Morgan fingerprint density at radius 2 is 0.981 bits per heavy atom. The fourth-order valence-electron chi connectivity index (χ4n) is 8.65. The molecule has 0 atom stereocenters. The van der Waals surface area contributed by atoms with Crippen molar-refractivity contribution in [1.29, 1.82) is 0 Å². The van der Waals surface area contributed by atoms with Gasteiger partial charge in [0.1, 0.15) is 5.58 Å². The summed E-state index contributed by atoms with van der Waals surface area (Å²) in [6.07, 6.45) is 0. The van der Waals surface area contributed by atoms with Gasteiger partial charge in [-0.1, -0.05) is 140 Å². The van der Waals surface area contributed by atoms with E-state index in [0.717, 1.165) is 44.3 Å². The Balaban J connectivity index is 1.37. The number of aromatic nitrogens is 2. The Hall–Kier alpha value is -6.84. The van der Waals surface area contributed by atoms with Gasteiger partial charge in [0.25, 0.3) is 0 Å². The molecule has 11 aromatic rings. The van der Waals surface area contributed by atoms with Crippen LogP contribution in [0.1, 0.15) is 5.56 Å². The van der Waals surface area contributed by atoms with Gasteiger partial charge in [0.2, 0.25) is 0 Å². The first-order valence-electron chi connectivity index (χ1n) is 17.9. The van der Waals surface area contributed by atoms with E-state index in [1.54, 1.807) is 0 Å². The highest BCUT2D eigenvalue weighted by Gasteiger charge is 2.25. The summed E-state index contributed by atoms with van der Waals surface area (Å²) in [5, 5.41) is 7.12. The molecule has 0 aliphatic carbocycles. The maximum absolute atomic E-state index is 6.72. The fourth-order valence-corrected chi connectivity index (χ4v) is 8.65. The summed E-state index contributed by atoms with van der Waals surface area (Å²) in [4.78, 5) is 0. The second-order valence-corrected chi connectivity index (χ2v) is 13.7. The lowest BCUT2D eigenvalue weighted by atomic mass is 9.89. The molecule has 3 aromatic heterocycles. The van der Waals surface area contributed by atoms with Gasteiger partial charge in [0.05, 0.1) is 27.8 Å². The maximum Gasteiger partial charge on any atom is 0.159 e. The van der Waals surface area contributed by atoms with Crippen LogP contribution in [0.3, 0.4) is 0 Å². The third-order valence-electron chi connectivity index (χ3n) is 10.9. The van der Waals surface area contributed by atoms with Gasteiger partial charge < -0.3 is 13.6 Å². The molecule has 3 nitrogen and oxygen atoms in total. The number of benzene rings is 8. The SMILES string of the molecule is Cc1ccccc1-c1ccc2c3ccccc3n(-c3ccccc3)c2c1-c1cccc2c3ccccc3n(-c3cccc4c3oc3ccccc34)c12. The number of hydrogen-bond acceptors (Lipinski definition) is 1. The Labute approximate surface area is 300 Å². The molecule has 11 rings (SSSR count). The van der Waals surface area contributed by atoms with Crippen molar-refractivity contribution in [3.05, 3.63) is 181 Å². The lowest BCUT2D eigenvalue weighted by Crippen LogP contribution is -2.00. The van der Waals surface area contributed by atoms with Gasteiger partial charge in [-0.2, -0.15) is 0 Å². The molecule has 0 bridgehead atoms. The molecule has 3 heteroatoms. The van der Waals surface area contributed by atoms with Crippen molar-refractivity contribution < 1.29 is 4.42 Å². The van der Waals surface area contributed by atoms with Gasteiger partial charge in [0, 0.05) is 49.1 Å². The van der Waals surface area contributed by atoms with Crippen LogP contribution in [-0.2, 0) is 0 Å². The zero-order chi connectivity index (χ0) is 34.3. The van der Waals surface area contributed by atoms with Crippen LogP contribution in [0.2, 0.25) is 0 Å². The van der Waals surface area contributed by atoms with E-state index < -0.39 is 0 Å². The first-order chi connectivity index (χ1) is 25.8. The average Bonchev–Trinajstić information content (AvgIpc) is 3.86. The average molecular weight is 665 g/mol. The summed E-state index contributed by atoms with van der Waals surface area (Å²) >= 11 is 0. The Kier molecular flexibility index (Phi) is 6.17. The van der Waals surface area contributed by atoms with Gasteiger partial charge in [-0.3, -0.25) is 0 Å². The molecule has 0 saturated heterocycles. The highest BCUT2D eigenvalue weighted by Crippen LogP contribution is 2.48. The third-order valence-corrected chi connectivity index (χ3v) is 10.9. The molecular weight excluding hydrogens is 633 g/mol. The monoisotopic (exact) mass is 664 g/mol. The van der Waals surface area contributed by atoms with Crippen LogP contribution in [0.5, 0.6) is 0 Å². The number of para-hydroxylation sites is 6. The maximum atomic E-state index is 6.72. The summed E-state index contributed by atoms with van der Waals surface area (Å²) in [5.74, 6) is 0. The predicted molar refractivity (Wildman–Crippen MR) is 218 cm³/mol. The molecule has 0 aliphatic rings. The topological polar surface area (TPSA) is 23.0 Å². The van der Waals surface area contributed by atoms with Gasteiger partial charge in [-0.25, -0.2) is 0 Å². The first-order valence-corrected chi connectivity index (χ1v) is 17.9. The molecule has 0 saturated carbocycles. The van der Waals surface area contributed by atoms with Crippen LogP contribution < -0.4 is 0 Å². The number of hydrogen-bond donors (Lipinski definition) is 0. The number of fused-ring (bicyclic) bond motifs is 9. The molecule has 0 aliphatic heterocycles. The number of furan rings is 1. The van der Waals surface area contributed by atoms with Crippen LogP contribution in [0.4, 0.5) is 0 Å². The predicted octanol–water partition coefficient (Wildman–Crippen LogP) is 13.4. The lowest BCUT2D eigenvalue weighted by molar-refractivity contribution is 0.666. The number of aryl methyl sites for hydroxylation is 1. The summed E-state index contributed by atoms with van der Waals surface area (Å²) in [5.41, 5.74) is 14.7. The fraction of sp³-hybridized carbons (Fsp3) is 0.0204. The number of rotatable bonds is 4. The van der Waals surface area contributed by atoms with Crippen LogP contribution >= 0.6 is 0 Å². The molecule has 0 spiro atoms. The molecule has 244 valence electrons. The zero-order valence-electron chi connectivity index (χ0n) is 28.5. The van der Waals surface area contributed by atoms with Crippen molar-refractivity contribution in [2.75, 3.05) is 0 Å². The number of nitrogens with zero attached hydrogens (tertiary/aromatic N) is 2. The molecular formula is C49H32N2O. The minimum atomic E-state index is 0.886. The van der Waals surface area contributed by atoms with Gasteiger partial charge >= 0.3 is 0 Å². The molecule has 3 heterocycles. The zero-order valence-corrected chi connectivity index (χ0v) is 28.5. The molecule has 0 radical (unpaired) electrons. The van der Waals surface area contributed by atoms with Crippen LogP contribution in [0, 0.1) is 6.92 Å². The molecule has 52 heavy (non-hydrogen) atoms. The van der Waals surface area contributed by atoms with E-state index in [4.69, 9.17) is 4.42 Å². The van der Waals surface area contributed by atoms with E-state index >= 15 is 0 Å². The van der Waals surface area contributed by atoms with E-state index in [2.05, 4.69) is 186 Å². The van der Waals surface area contributed by atoms with Crippen molar-refractivity contribution in [3.8, 4) is 33.6 Å². The van der Waals surface area contributed by atoms with Crippen LogP contribution in [-0.4, -0.2) is 9.13 Å². The van der Waals surface area contributed by atoms with Gasteiger partial charge in [-0.15, -0.1) is 0 Å². The van der Waals surface area contributed by atoms with E-state index in [1.165, 1.54) is 60.4 Å². The minimum absolute atomic E-state index is 0.886. The second kappa shape index (κ2) is 11.1. The Morgan fingerprint density at radius 1 is 0.385 bits per heavy atom. The Morgan fingerprint density at radius 3 is 1.79 bits per heavy atom. The van der Waals surface area contributed by atoms with E-state index in [1.807, 2.05) is 6.07 Å². The van der Waals surface area contributed by atoms with E-state index in [0.29, 0.717) is 0 Å². The molecule has 0 amide bonds. The van der Waals surface area contributed by atoms with Crippen molar-refractivity contribution in [1.82, 2.24) is 9.13 Å².